The van der Waals surface area contributed by atoms with Gasteiger partial charge in [-0.2, -0.15) is 0 Å². The molecule has 3 nitrogen and oxygen atoms in total. The molecule has 4 rings (SSSR count). The molecule has 5 unspecified atom stereocenters. The first-order valence-electron chi connectivity index (χ1n) is 8.05. The van der Waals surface area contributed by atoms with Crippen LogP contribution in [0.25, 0.3) is 0 Å². The van der Waals surface area contributed by atoms with E-state index in [4.69, 9.17) is 11.6 Å². The molecule has 3 aliphatic rings. The quantitative estimate of drug-likeness (QED) is 0.669. The zero-order valence-electron chi connectivity index (χ0n) is 12.9. The van der Waals surface area contributed by atoms with Crippen LogP contribution in [0.15, 0.2) is 17.2 Å². The molecule has 0 radical (unpaired) electrons. The molecule has 1 N–H and O–H groups in total. The molecule has 22 heavy (non-hydrogen) atoms. The van der Waals surface area contributed by atoms with Gasteiger partial charge in [0.15, 0.2) is 0 Å². The van der Waals surface area contributed by atoms with Gasteiger partial charge in [-0.3, -0.25) is 4.79 Å². The normalized spacial score (nSPS) is 38.5. The lowest BCUT2D eigenvalue weighted by atomic mass is 9.73. The van der Waals surface area contributed by atoms with Crippen LogP contribution in [0.3, 0.4) is 0 Å². The van der Waals surface area contributed by atoms with Gasteiger partial charge in [-0.25, -0.2) is 4.98 Å². The van der Waals surface area contributed by atoms with Crippen LogP contribution < -0.4 is 5.32 Å². The van der Waals surface area contributed by atoms with E-state index >= 15 is 0 Å². The molecular formula is C17H21ClN2OS. The first-order valence-corrected chi connectivity index (χ1v) is 9.65. The van der Waals surface area contributed by atoms with E-state index in [9.17, 15) is 4.79 Å². The monoisotopic (exact) mass is 336 g/mol. The fourth-order valence-corrected chi connectivity index (χ4v) is 5.93. The largest absolute Gasteiger partial charge is 0.348 e. The summed E-state index contributed by atoms with van der Waals surface area (Å²) < 4.78 is 0. The SMILES string of the molecule is CSc1nc(Cl)ccc1C(=O)NC1C(C)CC2CC3CC31C2. The molecule has 5 heteroatoms. The van der Waals surface area contributed by atoms with E-state index in [1.807, 2.05) is 6.26 Å². The van der Waals surface area contributed by atoms with Crippen molar-refractivity contribution in [3.05, 3.63) is 22.8 Å². The van der Waals surface area contributed by atoms with Crippen molar-refractivity contribution < 1.29 is 4.79 Å². The molecule has 0 aromatic carbocycles. The maximum atomic E-state index is 12.8. The number of carbonyl (C=O) groups excluding carboxylic acids is 1. The fraction of sp³-hybridized carbons (Fsp3) is 0.647. The maximum Gasteiger partial charge on any atom is 0.254 e. The number of hydrogen-bond donors (Lipinski definition) is 1. The summed E-state index contributed by atoms with van der Waals surface area (Å²) in [4.78, 5) is 17.0. The summed E-state index contributed by atoms with van der Waals surface area (Å²) in [6.07, 6.45) is 7.21. The first kappa shape index (κ1) is 14.8. The van der Waals surface area contributed by atoms with Crippen LogP contribution >= 0.6 is 23.4 Å². The number of aromatic nitrogens is 1. The van der Waals surface area contributed by atoms with Crippen LogP contribution in [0.5, 0.6) is 0 Å². The van der Waals surface area contributed by atoms with E-state index in [2.05, 4.69) is 17.2 Å². The molecule has 1 amide bonds. The van der Waals surface area contributed by atoms with Crippen LogP contribution in [-0.2, 0) is 0 Å². The van der Waals surface area contributed by atoms with Crippen molar-refractivity contribution in [1.29, 1.82) is 0 Å². The van der Waals surface area contributed by atoms with Gasteiger partial charge in [0.2, 0.25) is 0 Å². The van der Waals surface area contributed by atoms with Gasteiger partial charge >= 0.3 is 0 Å². The standard InChI is InChI=1S/C17H21ClN2OS/c1-9-5-10-6-11-8-17(11,7-10)14(9)20-15(21)12-3-4-13(18)19-16(12)22-2/h3-4,9-11,14H,5-8H2,1-2H3,(H,20,21). The molecule has 3 aliphatic carbocycles. The summed E-state index contributed by atoms with van der Waals surface area (Å²) in [7, 11) is 0. The number of fused-ring (bicyclic) bond motifs is 1. The third kappa shape index (κ3) is 2.18. The van der Waals surface area contributed by atoms with Crippen molar-refractivity contribution in [1.82, 2.24) is 10.3 Å². The van der Waals surface area contributed by atoms with E-state index in [0.717, 1.165) is 11.8 Å². The van der Waals surface area contributed by atoms with Gasteiger partial charge in [-0.05, 0) is 67.2 Å². The molecule has 118 valence electrons. The Labute approximate surface area is 140 Å². The Balaban J connectivity index is 1.57. The molecule has 1 spiro atoms. The van der Waals surface area contributed by atoms with Gasteiger partial charge in [0.1, 0.15) is 10.2 Å². The number of rotatable bonds is 3. The predicted octanol–water partition coefficient (Wildman–Crippen LogP) is 4.01. The second kappa shape index (κ2) is 5.13. The third-order valence-corrected chi connectivity index (χ3v) is 6.92. The van der Waals surface area contributed by atoms with Crippen LogP contribution in [0, 0.1) is 23.2 Å². The zero-order valence-corrected chi connectivity index (χ0v) is 14.5. The Morgan fingerprint density at radius 1 is 1.41 bits per heavy atom. The smallest absolute Gasteiger partial charge is 0.254 e. The van der Waals surface area contributed by atoms with E-state index < -0.39 is 0 Å². The molecule has 2 bridgehead atoms. The second-order valence-electron chi connectivity index (χ2n) is 7.29. The van der Waals surface area contributed by atoms with Crippen molar-refractivity contribution >= 4 is 29.3 Å². The molecule has 1 aromatic rings. The maximum absolute atomic E-state index is 12.8. The molecule has 0 saturated heterocycles. The summed E-state index contributed by atoms with van der Waals surface area (Å²) in [6.45, 7) is 2.30. The number of nitrogens with one attached hydrogen (secondary N) is 1. The molecule has 5 atom stereocenters. The Kier molecular flexibility index (Phi) is 3.46. The minimum atomic E-state index is 0.00995. The number of nitrogens with zero attached hydrogens (tertiary/aromatic N) is 1. The summed E-state index contributed by atoms with van der Waals surface area (Å²) in [5.41, 5.74) is 1.06. The lowest BCUT2D eigenvalue weighted by Crippen LogP contribution is -2.48. The highest BCUT2D eigenvalue weighted by atomic mass is 35.5. The summed E-state index contributed by atoms with van der Waals surface area (Å²) >= 11 is 7.41. The zero-order chi connectivity index (χ0) is 15.5. The Morgan fingerprint density at radius 2 is 2.23 bits per heavy atom. The molecule has 3 fully saturated rings. The number of carbonyl (C=O) groups is 1. The van der Waals surface area contributed by atoms with E-state index in [1.165, 1.54) is 37.4 Å². The average Bonchev–Trinajstić information content (AvgIpc) is 3.06. The highest BCUT2D eigenvalue weighted by molar-refractivity contribution is 7.98. The highest BCUT2D eigenvalue weighted by Crippen LogP contribution is 2.71. The minimum absolute atomic E-state index is 0.00995. The van der Waals surface area contributed by atoms with Gasteiger partial charge in [-0.1, -0.05) is 18.5 Å². The molecular weight excluding hydrogens is 316 g/mol. The molecule has 1 heterocycles. The van der Waals surface area contributed by atoms with Crippen molar-refractivity contribution in [2.24, 2.45) is 23.2 Å². The van der Waals surface area contributed by atoms with Crippen LogP contribution in [0.2, 0.25) is 5.15 Å². The molecule has 1 aromatic heterocycles. The minimum Gasteiger partial charge on any atom is -0.348 e. The second-order valence-corrected chi connectivity index (χ2v) is 8.48. The Hall–Kier alpha value is -0.740. The number of amides is 1. The topological polar surface area (TPSA) is 42.0 Å². The van der Waals surface area contributed by atoms with Crippen molar-refractivity contribution in [3.63, 3.8) is 0 Å². The first-order chi connectivity index (χ1) is 10.5. The van der Waals surface area contributed by atoms with Gasteiger partial charge in [-0.15, -0.1) is 11.8 Å². The van der Waals surface area contributed by atoms with Crippen LogP contribution in [0.4, 0.5) is 0 Å². The Morgan fingerprint density at radius 3 is 3.00 bits per heavy atom. The van der Waals surface area contributed by atoms with Gasteiger partial charge < -0.3 is 5.32 Å². The van der Waals surface area contributed by atoms with Crippen molar-refractivity contribution in [2.45, 2.75) is 43.7 Å². The van der Waals surface area contributed by atoms with Gasteiger partial charge in [0, 0.05) is 6.04 Å². The Bertz CT molecular complexity index is 637. The van der Waals surface area contributed by atoms with Crippen molar-refractivity contribution in [2.75, 3.05) is 6.26 Å². The number of pyridine rings is 1. The van der Waals surface area contributed by atoms with Gasteiger partial charge in [0.05, 0.1) is 5.56 Å². The highest BCUT2D eigenvalue weighted by Gasteiger charge is 2.67. The summed E-state index contributed by atoms with van der Waals surface area (Å²) in [5, 5.41) is 4.50. The predicted molar refractivity (Wildman–Crippen MR) is 89.3 cm³/mol. The number of halogens is 1. The average molecular weight is 337 g/mol. The van der Waals surface area contributed by atoms with Crippen LogP contribution in [-0.4, -0.2) is 23.2 Å². The lowest BCUT2D eigenvalue weighted by molar-refractivity contribution is 0.0837. The molecule has 0 aliphatic heterocycles. The number of thioether (sulfide) groups is 1. The summed E-state index contributed by atoms with van der Waals surface area (Å²) in [5.74, 6) is 2.35. The lowest BCUT2D eigenvalue weighted by Gasteiger charge is -2.38. The van der Waals surface area contributed by atoms with Gasteiger partial charge in [0.25, 0.3) is 5.91 Å². The number of hydrogen-bond acceptors (Lipinski definition) is 3. The van der Waals surface area contributed by atoms with E-state index in [-0.39, 0.29) is 5.91 Å². The van der Waals surface area contributed by atoms with Crippen LogP contribution in [0.1, 0.15) is 43.0 Å². The fourth-order valence-electron chi connectivity index (χ4n) is 5.16. The van der Waals surface area contributed by atoms with E-state index in [0.29, 0.717) is 33.1 Å². The summed E-state index contributed by atoms with van der Waals surface area (Å²) in [6, 6.07) is 3.82. The van der Waals surface area contributed by atoms with Crippen molar-refractivity contribution in [3.8, 4) is 0 Å². The molecule has 3 saturated carbocycles. The van der Waals surface area contributed by atoms with E-state index in [1.54, 1.807) is 12.1 Å². The third-order valence-electron chi connectivity index (χ3n) is 6.01.